The molecule has 0 fully saturated rings. The number of carbonyl (C=O) groups excluding carboxylic acids is 3. The molecule has 1 aliphatic heterocycles. The van der Waals surface area contributed by atoms with Gasteiger partial charge in [-0.2, -0.15) is 14.5 Å². The summed E-state index contributed by atoms with van der Waals surface area (Å²) < 4.78 is 1.08. The third kappa shape index (κ3) is 2.86. The van der Waals surface area contributed by atoms with Crippen molar-refractivity contribution in [1.82, 2.24) is 4.90 Å². The predicted molar refractivity (Wildman–Crippen MR) is 76.1 cm³/mol. The fraction of sp³-hybridized carbons (Fsp3) is 0.214. The molecule has 1 aromatic rings. The molecule has 2 N–H and O–H groups in total. The molecule has 0 aromatic heterocycles. The lowest BCUT2D eigenvalue weighted by molar-refractivity contribution is -0.401. The number of hydrogen-bond acceptors (Lipinski definition) is 4. The number of imide groups is 1. The van der Waals surface area contributed by atoms with Crippen molar-refractivity contribution in [2.24, 2.45) is 10.7 Å². The summed E-state index contributed by atoms with van der Waals surface area (Å²) in [5.74, 6) is -1.30. The highest BCUT2D eigenvalue weighted by Gasteiger charge is 2.39. The Bertz CT molecular complexity index is 677. The zero-order valence-electron chi connectivity index (χ0n) is 11.7. The van der Waals surface area contributed by atoms with E-state index >= 15 is 0 Å². The van der Waals surface area contributed by atoms with E-state index in [2.05, 4.69) is 4.99 Å². The van der Waals surface area contributed by atoms with Crippen molar-refractivity contribution in [3.8, 4) is 0 Å². The molecule has 21 heavy (non-hydrogen) atoms. The fourth-order valence-corrected chi connectivity index (χ4v) is 1.88. The highest BCUT2D eigenvalue weighted by Crippen LogP contribution is 2.04. The minimum atomic E-state index is -0.683. The van der Waals surface area contributed by atoms with Gasteiger partial charge in [-0.1, -0.05) is 30.3 Å². The molecule has 1 heterocycles. The van der Waals surface area contributed by atoms with E-state index in [1.54, 1.807) is 12.1 Å². The van der Waals surface area contributed by atoms with Gasteiger partial charge in [0.2, 0.25) is 5.71 Å². The smallest absolute Gasteiger partial charge is 0.316 e. The Hall–Kier alpha value is -2.83. The van der Waals surface area contributed by atoms with Crippen LogP contribution in [0.25, 0.3) is 0 Å². The van der Waals surface area contributed by atoms with Crippen molar-refractivity contribution in [1.29, 1.82) is 0 Å². The van der Waals surface area contributed by atoms with E-state index in [0.29, 0.717) is 0 Å². The van der Waals surface area contributed by atoms with Crippen molar-refractivity contribution >= 4 is 29.4 Å². The highest BCUT2D eigenvalue weighted by molar-refractivity contribution is 6.67. The van der Waals surface area contributed by atoms with Crippen LogP contribution in [0.1, 0.15) is 5.56 Å². The van der Waals surface area contributed by atoms with Crippen molar-refractivity contribution in [2.75, 3.05) is 14.1 Å². The van der Waals surface area contributed by atoms with Crippen LogP contribution in [0, 0.1) is 0 Å². The zero-order chi connectivity index (χ0) is 15.6. The Labute approximate surface area is 121 Å². The molecule has 0 spiro atoms. The average molecular weight is 287 g/mol. The first-order chi connectivity index (χ1) is 9.91. The first-order valence-corrected chi connectivity index (χ1v) is 6.25. The fourth-order valence-electron chi connectivity index (χ4n) is 1.88. The van der Waals surface area contributed by atoms with Crippen molar-refractivity contribution in [2.45, 2.75) is 6.42 Å². The van der Waals surface area contributed by atoms with Crippen molar-refractivity contribution in [3.63, 3.8) is 0 Å². The first kappa shape index (κ1) is 14.6. The normalized spacial score (nSPS) is 17.6. The minimum Gasteiger partial charge on any atom is -0.316 e. The number of urea groups is 1. The average Bonchev–Trinajstić information content (AvgIpc) is 2.48. The molecule has 1 aromatic carbocycles. The maximum absolute atomic E-state index is 12.0. The second-order valence-electron chi connectivity index (χ2n) is 4.61. The van der Waals surface area contributed by atoms with Gasteiger partial charge < -0.3 is 5.73 Å². The Kier molecular flexibility index (Phi) is 3.93. The number of hydrogen-bond donors (Lipinski definition) is 1. The van der Waals surface area contributed by atoms with E-state index in [1.807, 2.05) is 18.2 Å². The molecule has 7 nitrogen and oxygen atoms in total. The third-order valence-electron chi connectivity index (χ3n) is 3.12. The molecule has 0 unspecified atom stereocenters. The lowest BCUT2D eigenvalue weighted by Gasteiger charge is -2.17. The largest absolute Gasteiger partial charge is 0.445 e. The van der Waals surface area contributed by atoms with Crippen LogP contribution >= 0.6 is 0 Å². The minimum absolute atomic E-state index is 0.0618. The molecule has 2 rings (SSSR count). The summed E-state index contributed by atoms with van der Waals surface area (Å²) in [7, 11) is 2.72. The van der Waals surface area contributed by atoms with Gasteiger partial charge >= 0.3 is 11.9 Å². The molecule has 0 saturated heterocycles. The summed E-state index contributed by atoms with van der Waals surface area (Å²) in [6, 6.07) is 8.47. The van der Waals surface area contributed by atoms with Crippen LogP contribution in [0.5, 0.6) is 0 Å². The molecule has 0 saturated carbocycles. The molecule has 4 amide bonds. The van der Waals surface area contributed by atoms with Gasteiger partial charge in [-0.25, -0.2) is 9.59 Å². The third-order valence-corrected chi connectivity index (χ3v) is 3.12. The maximum Gasteiger partial charge on any atom is 0.445 e. The number of aliphatic imine (C=N–C) groups is 1. The Morgan fingerprint density at radius 2 is 1.90 bits per heavy atom. The van der Waals surface area contributed by atoms with Crippen LogP contribution in [-0.4, -0.2) is 53.0 Å². The van der Waals surface area contributed by atoms with Gasteiger partial charge in [0.1, 0.15) is 0 Å². The Morgan fingerprint density at radius 3 is 2.52 bits per heavy atom. The molecule has 0 bridgehead atoms. The Morgan fingerprint density at radius 1 is 1.29 bits per heavy atom. The molecule has 108 valence electrons. The lowest BCUT2D eigenvalue weighted by atomic mass is 10.1. The zero-order valence-corrected chi connectivity index (χ0v) is 11.7. The first-order valence-electron chi connectivity index (χ1n) is 6.25. The van der Waals surface area contributed by atoms with Crippen LogP contribution in [0.15, 0.2) is 35.3 Å². The quantitative estimate of drug-likeness (QED) is 0.761. The molecular formula is C14H15N4O3+. The van der Waals surface area contributed by atoms with Crippen LogP contribution < -0.4 is 5.73 Å². The van der Waals surface area contributed by atoms with Gasteiger partial charge in [0.25, 0.3) is 11.7 Å². The second kappa shape index (κ2) is 5.66. The van der Waals surface area contributed by atoms with Gasteiger partial charge in [-0.3, -0.25) is 4.79 Å². The van der Waals surface area contributed by atoms with Crippen molar-refractivity contribution < 1.29 is 19.0 Å². The number of benzene rings is 1. The molecule has 1 aliphatic rings. The van der Waals surface area contributed by atoms with Gasteiger partial charge in [0.15, 0.2) is 0 Å². The van der Waals surface area contributed by atoms with E-state index < -0.39 is 17.8 Å². The van der Waals surface area contributed by atoms with E-state index in [0.717, 1.165) is 15.0 Å². The predicted octanol–water partition coefficient (Wildman–Crippen LogP) is -0.212. The van der Waals surface area contributed by atoms with E-state index in [-0.39, 0.29) is 18.0 Å². The maximum atomic E-state index is 12.0. The summed E-state index contributed by atoms with van der Waals surface area (Å²) in [6.45, 7) is 0. The SMILES string of the molecule is CN1C(=O)C(=NC(=O)Cc2ccccc2)C(N)=[N+](C)C1=O. The van der Waals surface area contributed by atoms with Gasteiger partial charge in [-0.05, 0) is 5.56 Å². The van der Waals surface area contributed by atoms with Crippen LogP contribution in [-0.2, 0) is 16.0 Å². The second-order valence-corrected chi connectivity index (χ2v) is 4.61. The lowest BCUT2D eigenvalue weighted by Crippen LogP contribution is -2.55. The Balaban J connectivity index is 2.29. The van der Waals surface area contributed by atoms with Gasteiger partial charge in [0.05, 0.1) is 20.5 Å². The molecule has 0 atom stereocenters. The number of amidine groups is 1. The van der Waals surface area contributed by atoms with Crippen molar-refractivity contribution in [3.05, 3.63) is 35.9 Å². The summed E-state index contributed by atoms with van der Waals surface area (Å²) >= 11 is 0. The van der Waals surface area contributed by atoms with E-state index in [9.17, 15) is 14.4 Å². The number of nitrogens with two attached hydrogens (primary N) is 1. The number of rotatable bonds is 2. The molecule has 0 radical (unpaired) electrons. The molecule has 0 aliphatic carbocycles. The molecular weight excluding hydrogens is 272 g/mol. The van der Waals surface area contributed by atoms with Gasteiger partial charge in [0, 0.05) is 0 Å². The summed E-state index contributed by atoms with van der Waals surface area (Å²) in [5.41, 5.74) is 6.27. The molecule has 7 heteroatoms. The number of nitrogens with zero attached hydrogens (tertiary/aromatic N) is 3. The monoisotopic (exact) mass is 287 g/mol. The van der Waals surface area contributed by atoms with Crippen LogP contribution in [0.4, 0.5) is 4.79 Å². The van der Waals surface area contributed by atoms with E-state index in [1.165, 1.54) is 14.1 Å². The van der Waals surface area contributed by atoms with Gasteiger partial charge in [-0.15, -0.1) is 0 Å². The summed E-state index contributed by atoms with van der Waals surface area (Å²) in [6.07, 6.45) is 0.0618. The number of amides is 4. The summed E-state index contributed by atoms with van der Waals surface area (Å²) in [5, 5.41) is 0. The standard InChI is InChI=1S/C14H14N4O3/c1-17-12(15)11(13(20)18(2)14(17)21)16-10(19)8-9-6-4-3-5-7-9/h3-7,15H,8H2,1-2H3/p+1. The van der Waals surface area contributed by atoms with Crippen LogP contribution in [0.2, 0.25) is 0 Å². The summed E-state index contributed by atoms with van der Waals surface area (Å²) in [4.78, 5) is 40.2. The topological polar surface area (TPSA) is 95.8 Å². The van der Waals surface area contributed by atoms with Crippen LogP contribution in [0.3, 0.4) is 0 Å². The number of carbonyl (C=O) groups is 3. The highest BCUT2D eigenvalue weighted by atomic mass is 16.2. The van der Waals surface area contributed by atoms with E-state index in [4.69, 9.17) is 5.73 Å².